The lowest BCUT2D eigenvalue weighted by molar-refractivity contribution is -0.143. The number of carboxylic acids is 1. The summed E-state index contributed by atoms with van der Waals surface area (Å²) < 4.78 is 4.96. The number of esters is 1. The van der Waals surface area contributed by atoms with E-state index in [0.29, 0.717) is 19.4 Å². The smallest absolute Gasteiger partial charge is 0.305 e. The normalized spacial score (nSPS) is 9.87. The Bertz CT molecular complexity index is 264. The van der Waals surface area contributed by atoms with Gasteiger partial charge in [-0.2, -0.15) is 0 Å². The van der Waals surface area contributed by atoms with Gasteiger partial charge in [0.25, 0.3) is 0 Å². The maximum atomic E-state index is 11.0. The van der Waals surface area contributed by atoms with E-state index in [1.165, 1.54) is 38.5 Å². The highest BCUT2D eigenvalue weighted by Gasteiger charge is 2.00. The average Bonchev–Trinajstić information content (AvgIpc) is 2.53. The maximum absolute atomic E-state index is 11.0. The Balaban J connectivity index is 0. The molecule has 0 aliphatic rings. The average molecular weight is 331 g/mol. The fourth-order valence-corrected chi connectivity index (χ4v) is 2.04. The summed E-state index contributed by atoms with van der Waals surface area (Å²) in [4.78, 5) is 21.0. The van der Waals surface area contributed by atoms with E-state index in [4.69, 9.17) is 9.84 Å². The van der Waals surface area contributed by atoms with Gasteiger partial charge in [-0.3, -0.25) is 9.59 Å². The minimum Gasteiger partial charge on any atom is -0.481 e. The van der Waals surface area contributed by atoms with Crippen LogP contribution in [0.25, 0.3) is 0 Å². The molecule has 0 saturated heterocycles. The molecule has 0 atom stereocenters. The van der Waals surface area contributed by atoms with Gasteiger partial charge in [0.1, 0.15) is 0 Å². The monoisotopic (exact) mass is 330 g/mol. The molecule has 0 aromatic heterocycles. The van der Waals surface area contributed by atoms with Crippen LogP contribution in [-0.2, 0) is 14.3 Å². The first-order chi connectivity index (χ1) is 11.1. The zero-order valence-electron chi connectivity index (χ0n) is 15.6. The van der Waals surface area contributed by atoms with Gasteiger partial charge in [0.15, 0.2) is 0 Å². The van der Waals surface area contributed by atoms with Gasteiger partial charge in [0.2, 0.25) is 0 Å². The fraction of sp³-hybridized carbons (Fsp3) is 0.895. The summed E-state index contributed by atoms with van der Waals surface area (Å²) in [6, 6.07) is 0. The lowest BCUT2D eigenvalue weighted by Crippen LogP contribution is -2.04. The highest BCUT2D eigenvalue weighted by molar-refractivity contribution is 5.69. The molecule has 0 rings (SSSR count). The summed E-state index contributed by atoms with van der Waals surface area (Å²) in [6.07, 6.45) is 13.3. The second kappa shape index (κ2) is 20.9. The van der Waals surface area contributed by atoms with Crippen LogP contribution in [0.4, 0.5) is 0 Å². The highest BCUT2D eigenvalue weighted by atomic mass is 16.5. The van der Waals surface area contributed by atoms with E-state index in [1.54, 1.807) is 0 Å². The van der Waals surface area contributed by atoms with Crippen molar-refractivity contribution in [3.63, 3.8) is 0 Å². The Kier molecular flexibility index (Phi) is 22.0. The quantitative estimate of drug-likeness (QED) is 0.326. The highest BCUT2D eigenvalue weighted by Crippen LogP contribution is 2.06. The molecule has 0 amide bonds. The number of carboxylic acid groups (broad SMARTS) is 1. The van der Waals surface area contributed by atoms with Crippen molar-refractivity contribution < 1.29 is 19.4 Å². The summed E-state index contributed by atoms with van der Waals surface area (Å²) >= 11 is 0. The summed E-state index contributed by atoms with van der Waals surface area (Å²) in [5, 5.41) is 8.27. The molecule has 0 radical (unpaired) electrons. The van der Waals surface area contributed by atoms with Crippen molar-refractivity contribution in [2.75, 3.05) is 6.61 Å². The number of carbonyl (C=O) groups is 2. The number of unbranched alkanes of at least 4 members (excludes halogenated alkanes) is 8. The Morgan fingerprint density at radius 3 is 1.61 bits per heavy atom. The molecule has 4 heteroatoms. The van der Waals surface area contributed by atoms with Gasteiger partial charge in [-0.15, -0.1) is 0 Å². The predicted octanol–water partition coefficient (Wildman–Crippen LogP) is 5.73. The van der Waals surface area contributed by atoms with Crippen molar-refractivity contribution >= 4 is 11.9 Å². The molecule has 0 aliphatic heterocycles. The van der Waals surface area contributed by atoms with Gasteiger partial charge in [0.05, 0.1) is 6.61 Å². The number of ether oxygens (including phenoxy) is 1. The summed E-state index contributed by atoms with van der Waals surface area (Å²) in [5.74, 6) is -0.699. The molecule has 0 aromatic rings. The van der Waals surface area contributed by atoms with Gasteiger partial charge >= 0.3 is 11.9 Å². The van der Waals surface area contributed by atoms with Crippen molar-refractivity contribution in [2.24, 2.45) is 0 Å². The first-order valence-corrected chi connectivity index (χ1v) is 9.45. The van der Waals surface area contributed by atoms with Crippen LogP contribution >= 0.6 is 0 Å². The second-order valence-corrected chi connectivity index (χ2v) is 5.94. The van der Waals surface area contributed by atoms with Crippen molar-refractivity contribution in [1.29, 1.82) is 0 Å². The largest absolute Gasteiger partial charge is 0.481 e. The lowest BCUT2D eigenvalue weighted by Gasteiger charge is -2.02. The lowest BCUT2D eigenvalue weighted by atomic mass is 10.1. The molecule has 0 spiro atoms. The molecule has 0 bridgehead atoms. The number of hydrogen-bond donors (Lipinski definition) is 1. The molecule has 4 nitrogen and oxygen atoms in total. The first kappa shape index (κ1) is 24.2. The molecular weight excluding hydrogens is 292 g/mol. The number of carbonyl (C=O) groups excluding carboxylic acids is 1. The summed E-state index contributed by atoms with van der Waals surface area (Å²) in [7, 11) is 0. The van der Waals surface area contributed by atoms with E-state index < -0.39 is 5.97 Å². The predicted molar refractivity (Wildman–Crippen MR) is 95.6 cm³/mol. The number of aliphatic carboxylic acids is 1. The molecule has 1 N–H and O–H groups in total. The van der Waals surface area contributed by atoms with E-state index >= 15 is 0 Å². The van der Waals surface area contributed by atoms with Gasteiger partial charge in [-0.05, 0) is 19.3 Å². The molecule has 0 aliphatic carbocycles. The third kappa shape index (κ3) is 26.2. The Morgan fingerprint density at radius 1 is 0.696 bits per heavy atom. The third-order valence-corrected chi connectivity index (χ3v) is 3.45. The standard InChI is InChI=1S/C11H22O2.C8H16O2/c1-3-5-6-7-8-9-11(12)13-10-4-2;1-2-3-4-5-6-7-8(9)10/h3-10H2,1-2H3;2-7H2,1H3,(H,9,10). The van der Waals surface area contributed by atoms with Crippen molar-refractivity contribution in [3.8, 4) is 0 Å². The first-order valence-electron chi connectivity index (χ1n) is 9.45. The zero-order chi connectivity index (χ0) is 17.8. The third-order valence-electron chi connectivity index (χ3n) is 3.45. The van der Waals surface area contributed by atoms with Crippen LogP contribution in [0.1, 0.15) is 104 Å². The molecule has 23 heavy (non-hydrogen) atoms. The molecule has 0 unspecified atom stereocenters. The fourth-order valence-electron chi connectivity index (χ4n) is 2.04. The van der Waals surface area contributed by atoms with Crippen molar-refractivity contribution in [2.45, 2.75) is 104 Å². The minimum atomic E-state index is -0.670. The summed E-state index contributed by atoms with van der Waals surface area (Å²) in [6.45, 7) is 6.93. The van der Waals surface area contributed by atoms with Crippen LogP contribution in [0.15, 0.2) is 0 Å². The molecule has 0 aromatic carbocycles. The van der Waals surface area contributed by atoms with E-state index in [1.807, 2.05) is 6.92 Å². The van der Waals surface area contributed by atoms with Gasteiger partial charge in [-0.25, -0.2) is 0 Å². The molecule has 0 heterocycles. The van der Waals surface area contributed by atoms with Crippen LogP contribution in [0.3, 0.4) is 0 Å². The van der Waals surface area contributed by atoms with Crippen LogP contribution in [-0.4, -0.2) is 23.7 Å². The topological polar surface area (TPSA) is 63.6 Å². The van der Waals surface area contributed by atoms with E-state index in [2.05, 4.69) is 13.8 Å². The van der Waals surface area contributed by atoms with Gasteiger partial charge in [0, 0.05) is 12.8 Å². The van der Waals surface area contributed by atoms with Gasteiger partial charge < -0.3 is 9.84 Å². The van der Waals surface area contributed by atoms with Crippen LogP contribution in [0.2, 0.25) is 0 Å². The van der Waals surface area contributed by atoms with E-state index in [0.717, 1.165) is 32.1 Å². The second-order valence-electron chi connectivity index (χ2n) is 5.94. The molecule has 0 saturated carbocycles. The Hall–Kier alpha value is -1.06. The maximum Gasteiger partial charge on any atom is 0.305 e. The summed E-state index contributed by atoms with van der Waals surface area (Å²) in [5.41, 5.74) is 0. The van der Waals surface area contributed by atoms with E-state index in [-0.39, 0.29) is 5.97 Å². The van der Waals surface area contributed by atoms with Gasteiger partial charge in [-0.1, -0.05) is 72.1 Å². The molecule has 0 fully saturated rings. The zero-order valence-corrected chi connectivity index (χ0v) is 15.6. The molecular formula is C19H38O4. The number of hydrogen-bond acceptors (Lipinski definition) is 3. The number of rotatable bonds is 14. The minimum absolute atomic E-state index is 0.0293. The van der Waals surface area contributed by atoms with Crippen LogP contribution in [0.5, 0.6) is 0 Å². The SMILES string of the molecule is CCCCCCCC(=O)O.CCCCCCCC(=O)OCCC. The van der Waals surface area contributed by atoms with Crippen LogP contribution < -0.4 is 0 Å². The van der Waals surface area contributed by atoms with Crippen molar-refractivity contribution in [1.82, 2.24) is 0 Å². The Morgan fingerprint density at radius 2 is 1.17 bits per heavy atom. The molecule has 138 valence electrons. The Labute approximate surface area is 143 Å². The van der Waals surface area contributed by atoms with E-state index in [9.17, 15) is 9.59 Å². The van der Waals surface area contributed by atoms with Crippen LogP contribution in [0, 0.1) is 0 Å². The van der Waals surface area contributed by atoms with Crippen molar-refractivity contribution in [3.05, 3.63) is 0 Å².